The molecule has 0 amide bonds. The molecule has 0 aliphatic carbocycles. The van der Waals surface area contributed by atoms with E-state index in [1.807, 2.05) is 0 Å². The van der Waals surface area contributed by atoms with Crippen LogP contribution in [0.1, 0.15) is 71.9 Å². The number of hydrogen-bond acceptors (Lipinski definition) is 1. The zero-order valence-electron chi connectivity index (χ0n) is 13.5. The molecule has 1 aromatic carbocycles. The van der Waals surface area contributed by atoms with Gasteiger partial charge < -0.3 is 5.11 Å². The number of para-hydroxylation sites is 1. The maximum atomic E-state index is 10.5. The van der Waals surface area contributed by atoms with Gasteiger partial charge in [0.05, 0.1) is 0 Å². The lowest BCUT2D eigenvalue weighted by Gasteiger charge is -2.33. The molecule has 0 unspecified atom stereocenters. The minimum atomic E-state index is 0.00452. The van der Waals surface area contributed by atoms with E-state index in [4.69, 9.17) is 0 Å². The van der Waals surface area contributed by atoms with Crippen molar-refractivity contribution in [2.45, 2.75) is 72.6 Å². The van der Waals surface area contributed by atoms with Crippen LogP contribution in [0, 0.1) is 5.41 Å². The second-order valence-electron chi connectivity index (χ2n) is 7.54. The van der Waals surface area contributed by atoms with E-state index >= 15 is 0 Å². The summed E-state index contributed by atoms with van der Waals surface area (Å²) in [5.74, 6) is 0.519. The first-order valence-corrected chi connectivity index (χ1v) is 7.49. The van der Waals surface area contributed by atoms with Gasteiger partial charge in [-0.1, -0.05) is 66.2 Å². The quantitative estimate of drug-likeness (QED) is 0.748. The highest BCUT2D eigenvalue weighted by molar-refractivity contribution is 5.44. The summed E-state index contributed by atoms with van der Waals surface area (Å²) in [7, 11) is 0. The van der Waals surface area contributed by atoms with Crippen LogP contribution < -0.4 is 0 Å². The van der Waals surface area contributed by atoms with Crippen molar-refractivity contribution >= 4 is 0 Å². The van der Waals surface area contributed by atoms with Crippen LogP contribution in [0.4, 0.5) is 0 Å². The summed E-state index contributed by atoms with van der Waals surface area (Å²) in [5, 5.41) is 10.5. The zero-order chi connectivity index (χ0) is 14.7. The molecule has 0 heterocycles. The van der Waals surface area contributed by atoms with Crippen molar-refractivity contribution in [1.29, 1.82) is 0 Å². The molecule has 0 aromatic heterocycles. The Hall–Kier alpha value is -0.980. The van der Waals surface area contributed by atoms with Crippen LogP contribution >= 0.6 is 0 Å². The summed E-state index contributed by atoms with van der Waals surface area (Å²) in [6.45, 7) is 13.4. The standard InChI is InChI=1S/C18H30O/c1-7-8-10-14-11-9-12-15(16(14)19)18(5,6)13-17(2,3)4/h9,11-12,19H,7-8,10,13H2,1-6H3. The van der Waals surface area contributed by atoms with Gasteiger partial charge in [0.25, 0.3) is 0 Å². The van der Waals surface area contributed by atoms with E-state index < -0.39 is 0 Å². The molecule has 0 radical (unpaired) electrons. The van der Waals surface area contributed by atoms with Gasteiger partial charge in [-0.25, -0.2) is 0 Å². The first-order chi connectivity index (χ1) is 8.67. The largest absolute Gasteiger partial charge is 0.507 e. The van der Waals surface area contributed by atoms with Gasteiger partial charge in [-0.05, 0) is 41.2 Å². The number of unbranched alkanes of at least 4 members (excludes halogenated alkanes) is 1. The van der Waals surface area contributed by atoms with E-state index in [-0.39, 0.29) is 10.8 Å². The van der Waals surface area contributed by atoms with E-state index in [9.17, 15) is 5.11 Å². The average Bonchev–Trinajstić information content (AvgIpc) is 2.24. The van der Waals surface area contributed by atoms with Gasteiger partial charge in [0, 0.05) is 0 Å². The first-order valence-electron chi connectivity index (χ1n) is 7.49. The highest BCUT2D eigenvalue weighted by Crippen LogP contribution is 2.41. The molecule has 0 bridgehead atoms. The average molecular weight is 262 g/mol. The minimum Gasteiger partial charge on any atom is -0.507 e. The summed E-state index contributed by atoms with van der Waals surface area (Å²) in [6.07, 6.45) is 4.33. The molecule has 0 saturated heterocycles. The van der Waals surface area contributed by atoms with Crippen LogP contribution in [0.5, 0.6) is 5.75 Å². The van der Waals surface area contributed by atoms with Gasteiger partial charge in [-0.15, -0.1) is 0 Å². The maximum absolute atomic E-state index is 10.5. The molecule has 1 rings (SSSR count). The van der Waals surface area contributed by atoms with E-state index in [1.54, 1.807) is 0 Å². The van der Waals surface area contributed by atoms with Crippen molar-refractivity contribution in [3.63, 3.8) is 0 Å². The number of aryl methyl sites for hydroxylation is 1. The predicted molar refractivity (Wildman–Crippen MR) is 83.8 cm³/mol. The molecule has 108 valence electrons. The summed E-state index contributed by atoms with van der Waals surface area (Å²) in [5.41, 5.74) is 2.46. The fourth-order valence-corrected chi connectivity index (χ4v) is 3.13. The molecule has 19 heavy (non-hydrogen) atoms. The molecule has 1 nitrogen and oxygen atoms in total. The lowest BCUT2D eigenvalue weighted by atomic mass is 9.71. The van der Waals surface area contributed by atoms with Crippen molar-refractivity contribution in [3.05, 3.63) is 29.3 Å². The van der Waals surface area contributed by atoms with Crippen LogP contribution in [0.3, 0.4) is 0 Å². The topological polar surface area (TPSA) is 20.2 Å². The number of phenolic OH excluding ortho intramolecular Hbond substituents is 1. The second kappa shape index (κ2) is 5.98. The van der Waals surface area contributed by atoms with Gasteiger partial charge in [-0.2, -0.15) is 0 Å². The van der Waals surface area contributed by atoms with E-state index in [1.165, 1.54) is 0 Å². The third kappa shape index (κ3) is 4.56. The van der Waals surface area contributed by atoms with Crippen LogP contribution in [-0.4, -0.2) is 5.11 Å². The Labute approximate surface area is 119 Å². The molecule has 0 atom stereocenters. The number of rotatable bonds is 5. The molecule has 0 spiro atoms. The Morgan fingerprint density at radius 1 is 1.05 bits per heavy atom. The normalized spacial score (nSPS) is 12.7. The van der Waals surface area contributed by atoms with E-state index in [2.05, 4.69) is 59.7 Å². The van der Waals surface area contributed by atoms with Crippen molar-refractivity contribution in [3.8, 4) is 5.75 Å². The monoisotopic (exact) mass is 262 g/mol. The van der Waals surface area contributed by atoms with Crippen LogP contribution in [0.2, 0.25) is 0 Å². The number of aromatic hydroxyl groups is 1. The van der Waals surface area contributed by atoms with Crippen LogP contribution in [0.25, 0.3) is 0 Å². The van der Waals surface area contributed by atoms with Gasteiger partial charge >= 0.3 is 0 Å². The van der Waals surface area contributed by atoms with Crippen LogP contribution in [-0.2, 0) is 11.8 Å². The van der Waals surface area contributed by atoms with Crippen molar-refractivity contribution < 1.29 is 5.11 Å². The summed E-state index contributed by atoms with van der Waals surface area (Å²) < 4.78 is 0. The Morgan fingerprint density at radius 2 is 1.68 bits per heavy atom. The molecule has 1 heteroatoms. The fraction of sp³-hybridized carbons (Fsp3) is 0.667. The van der Waals surface area contributed by atoms with Gasteiger partial charge in [0.15, 0.2) is 0 Å². The predicted octanol–water partition coefficient (Wildman–Crippen LogP) is 5.45. The number of hydrogen-bond donors (Lipinski definition) is 1. The van der Waals surface area contributed by atoms with Gasteiger partial charge in [0.1, 0.15) is 5.75 Å². The molecular formula is C18H30O. The first kappa shape index (κ1) is 16.1. The van der Waals surface area contributed by atoms with Gasteiger partial charge in [0.2, 0.25) is 0 Å². The third-order valence-corrected chi connectivity index (χ3v) is 3.62. The SMILES string of the molecule is CCCCc1cccc(C(C)(C)CC(C)(C)C)c1O. The Balaban J connectivity index is 3.06. The Kier molecular flexibility index (Phi) is 5.06. The van der Waals surface area contributed by atoms with Crippen molar-refractivity contribution in [2.75, 3.05) is 0 Å². The lowest BCUT2D eigenvalue weighted by molar-refractivity contribution is 0.278. The molecule has 0 aliphatic heterocycles. The summed E-state index contributed by atoms with van der Waals surface area (Å²) >= 11 is 0. The minimum absolute atomic E-state index is 0.00452. The molecular weight excluding hydrogens is 232 g/mol. The molecule has 0 fully saturated rings. The lowest BCUT2D eigenvalue weighted by Crippen LogP contribution is -2.25. The van der Waals surface area contributed by atoms with Gasteiger partial charge in [-0.3, -0.25) is 0 Å². The van der Waals surface area contributed by atoms with Crippen molar-refractivity contribution in [1.82, 2.24) is 0 Å². The Morgan fingerprint density at radius 3 is 2.21 bits per heavy atom. The Bertz CT molecular complexity index is 410. The second-order valence-corrected chi connectivity index (χ2v) is 7.54. The third-order valence-electron chi connectivity index (χ3n) is 3.62. The number of benzene rings is 1. The van der Waals surface area contributed by atoms with Crippen LogP contribution in [0.15, 0.2) is 18.2 Å². The summed E-state index contributed by atoms with van der Waals surface area (Å²) in [6, 6.07) is 6.22. The summed E-state index contributed by atoms with van der Waals surface area (Å²) in [4.78, 5) is 0. The fourth-order valence-electron chi connectivity index (χ4n) is 3.13. The smallest absolute Gasteiger partial charge is 0.122 e. The maximum Gasteiger partial charge on any atom is 0.122 e. The molecule has 0 saturated carbocycles. The molecule has 1 N–H and O–H groups in total. The van der Waals surface area contributed by atoms with E-state index in [0.717, 1.165) is 36.8 Å². The van der Waals surface area contributed by atoms with Crippen molar-refractivity contribution in [2.24, 2.45) is 5.41 Å². The number of phenols is 1. The molecule has 1 aromatic rings. The highest BCUT2D eigenvalue weighted by Gasteiger charge is 2.29. The zero-order valence-corrected chi connectivity index (χ0v) is 13.5. The highest BCUT2D eigenvalue weighted by atomic mass is 16.3. The van der Waals surface area contributed by atoms with E-state index in [0.29, 0.717) is 5.75 Å². The molecule has 0 aliphatic rings.